The number of hydrogen-bond donors (Lipinski definition) is 2. The SMILES string of the molecule is C[n+]1ccc(NC(I)CCCCCCCCC(I)Nc2cc[n+](C)c3cc(Cl)ccc23)c2ccc(Cl)cc21. The Hall–Kier alpha value is -1.10. The molecule has 2 atom stereocenters. The summed E-state index contributed by atoms with van der Waals surface area (Å²) in [4.78, 5) is 0. The van der Waals surface area contributed by atoms with Crippen LogP contribution in [0.5, 0.6) is 0 Å². The maximum Gasteiger partial charge on any atom is 0.215 e. The third kappa shape index (κ3) is 8.21. The monoisotopic (exact) mass is 776 g/mol. The van der Waals surface area contributed by atoms with Crippen LogP contribution in [-0.2, 0) is 14.1 Å². The van der Waals surface area contributed by atoms with Crippen molar-refractivity contribution in [2.45, 2.75) is 59.5 Å². The summed E-state index contributed by atoms with van der Waals surface area (Å²) >= 11 is 17.5. The Morgan fingerprint density at radius 1 is 0.632 bits per heavy atom. The van der Waals surface area contributed by atoms with Gasteiger partial charge in [-0.15, -0.1) is 0 Å². The molecule has 2 unspecified atom stereocenters. The minimum atomic E-state index is 0.414. The molecule has 2 aromatic carbocycles. The first-order valence-electron chi connectivity index (χ1n) is 13.3. The highest BCUT2D eigenvalue weighted by Gasteiger charge is 2.14. The molecule has 4 nitrogen and oxygen atoms in total. The lowest BCUT2D eigenvalue weighted by molar-refractivity contribution is -0.644. The molecule has 0 aliphatic carbocycles. The molecule has 0 bridgehead atoms. The van der Waals surface area contributed by atoms with Crippen molar-refractivity contribution in [3.8, 4) is 0 Å². The predicted octanol–water partition coefficient (Wildman–Crippen LogP) is 9.12. The molecule has 38 heavy (non-hydrogen) atoms. The van der Waals surface area contributed by atoms with Crippen LogP contribution in [0, 0.1) is 0 Å². The average molecular weight is 777 g/mol. The summed E-state index contributed by atoms with van der Waals surface area (Å²) in [5, 5.41) is 11.4. The van der Waals surface area contributed by atoms with E-state index in [1.807, 2.05) is 24.3 Å². The third-order valence-corrected chi connectivity index (χ3v) is 9.32. The van der Waals surface area contributed by atoms with Gasteiger partial charge in [0, 0.05) is 34.3 Å². The van der Waals surface area contributed by atoms with E-state index in [-0.39, 0.29) is 0 Å². The van der Waals surface area contributed by atoms with E-state index in [4.69, 9.17) is 23.2 Å². The zero-order valence-corrected chi connectivity index (χ0v) is 27.8. The van der Waals surface area contributed by atoms with Gasteiger partial charge in [-0.3, -0.25) is 0 Å². The molecule has 0 aliphatic heterocycles. The van der Waals surface area contributed by atoms with E-state index in [0.717, 1.165) is 21.1 Å². The number of rotatable bonds is 13. The third-order valence-electron chi connectivity index (χ3n) is 6.98. The van der Waals surface area contributed by atoms with E-state index in [1.165, 1.54) is 73.5 Å². The number of aryl methyl sites for hydroxylation is 2. The molecule has 202 valence electrons. The molecule has 2 aromatic heterocycles. The molecule has 0 fully saturated rings. The highest BCUT2D eigenvalue weighted by molar-refractivity contribution is 14.1. The fourth-order valence-corrected chi connectivity index (χ4v) is 6.73. The van der Waals surface area contributed by atoms with E-state index in [9.17, 15) is 0 Å². The van der Waals surface area contributed by atoms with Crippen LogP contribution in [-0.4, -0.2) is 8.10 Å². The highest BCUT2D eigenvalue weighted by Crippen LogP contribution is 2.27. The summed E-state index contributed by atoms with van der Waals surface area (Å²) in [6.45, 7) is 0. The maximum atomic E-state index is 6.21. The van der Waals surface area contributed by atoms with Gasteiger partial charge in [-0.25, -0.2) is 9.13 Å². The molecule has 2 N–H and O–H groups in total. The minimum absolute atomic E-state index is 0.414. The summed E-state index contributed by atoms with van der Waals surface area (Å²) < 4.78 is 5.06. The molecule has 0 saturated carbocycles. The molecule has 0 spiro atoms. The van der Waals surface area contributed by atoms with Gasteiger partial charge in [-0.05, 0) is 37.1 Å². The van der Waals surface area contributed by atoms with Gasteiger partial charge in [0.1, 0.15) is 14.1 Å². The van der Waals surface area contributed by atoms with E-state index in [1.54, 1.807) is 0 Å². The lowest BCUT2D eigenvalue weighted by atomic mass is 10.1. The standard InChI is InChI=1S/C30H34Cl2I2N4/c1-37-17-15-25(23-13-11-21(31)19-27(23)37)35-29(33)9-7-5-3-4-6-8-10-30(34)36-26-16-18-38(2)28-20-22(32)12-14-24(26)28/h11-20,29-30H,3-10H2,1-2H3/p+2. The Morgan fingerprint density at radius 2 is 1.03 bits per heavy atom. The quantitative estimate of drug-likeness (QED) is 0.0467. The van der Waals surface area contributed by atoms with Crippen LogP contribution < -0.4 is 19.8 Å². The van der Waals surface area contributed by atoms with Gasteiger partial charge in [-0.1, -0.05) is 107 Å². The fourth-order valence-electron chi connectivity index (χ4n) is 4.85. The predicted molar refractivity (Wildman–Crippen MR) is 180 cm³/mol. The first kappa shape index (κ1) is 29.9. The second kappa shape index (κ2) is 14.5. The second-order valence-electron chi connectivity index (χ2n) is 9.93. The van der Waals surface area contributed by atoms with Crippen molar-refractivity contribution in [1.82, 2.24) is 0 Å². The summed E-state index contributed by atoms with van der Waals surface area (Å²) in [7, 11) is 4.12. The van der Waals surface area contributed by atoms with Crippen molar-refractivity contribution in [3.05, 3.63) is 71.0 Å². The summed E-state index contributed by atoms with van der Waals surface area (Å²) in [6.07, 6.45) is 14.3. The number of hydrogen-bond acceptors (Lipinski definition) is 2. The molecule has 4 aromatic rings. The van der Waals surface area contributed by atoms with Crippen LogP contribution in [0.4, 0.5) is 11.4 Å². The van der Waals surface area contributed by atoms with Gasteiger partial charge in [0.05, 0.1) is 30.2 Å². The van der Waals surface area contributed by atoms with Gasteiger partial charge >= 0.3 is 0 Å². The van der Waals surface area contributed by atoms with Crippen molar-refractivity contribution in [2.24, 2.45) is 14.1 Å². The van der Waals surface area contributed by atoms with Crippen LogP contribution in [0.2, 0.25) is 10.0 Å². The molecular formula is C30H36Cl2I2N4+2. The Bertz CT molecular complexity index is 1280. The number of nitrogens with one attached hydrogen (secondary N) is 2. The highest BCUT2D eigenvalue weighted by atomic mass is 127. The van der Waals surface area contributed by atoms with E-state index < -0.39 is 0 Å². The molecule has 0 saturated heterocycles. The number of halogens is 4. The Morgan fingerprint density at radius 3 is 1.45 bits per heavy atom. The van der Waals surface area contributed by atoms with Gasteiger partial charge in [0.2, 0.25) is 11.0 Å². The fraction of sp³-hybridized carbons (Fsp3) is 0.400. The van der Waals surface area contributed by atoms with Crippen molar-refractivity contribution in [1.29, 1.82) is 0 Å². The number of benzene rings is 2. The lowest BCUT2D eigenvalue weighted by Crippen LogP contribution is -2.28. The van der Waals surface area contributed by atoms with Crippen LogP contribution in [0.25, 0.3) is 21.8 Å². The normalized spacial score (nSPS) is 13.1. The average Bonchev–Trinajstić information content (AvgIpc) is 2.89. The minimum Gasteiger partial charge on any atom is -0.373 e. The van der Waals surface area contributed by atoms with Crippen molar-refractivity contribution in [2.75, 3.05) is 10.6 Å². The molecule has 8 heteroatoms. The van der Waals surface area contributed by atoms with Crippen molar-refractivity contribution < 1.29 is 9.13 Å². The summed E-state index contributed by atoms with van der Waals surface area (Å²) in [5.41, 5.74) is 4.65. The zero-order chi connectivity index (χ0) is 27.1. The molecule has 0 aliphatic rings. The van der Waals surface area contributed by atoms with Crippen molar-refractivity contribution >= 4 is 102 Å². The van der Waals surface area contributed by atoms with E-state index >= 15 is 0 Å². The Labute approximate surface area is 263 Å². The molecule has 0 amide bonds. The smallest absolute Gasteiger partial charge is 0.215 e. The molecular weight excluding hydrogens is 741 g/mol. The first-order valence-corrected chi connectivity index (χ1v) is 16.5. The summed E-state index contributed by atoms with van der Waals surface area (Å²) in [5.74, 6) is 0. The number of nitrogens with zero attached hydrogens (tertiary/aromatic N) is 2. The van der Waals surface area contributed by atoms with Crippen LogP contribution >= 0.6 is 68.4 Å². The number of fused-ring (bicyclic) bond motifs is 2. The Balaban J connectivity index is 1.12. The largest absolute Gasteiger partial charge is 0.373 e. The van der Waals surface area contributed by atoms with Crippen LogP contribution in [0.1, 0.15) is 51.4 Å². The second-order valence-corrected chi connectivity index (χ2v) is 13.8. The number of anilines is 2. The van der Waals surface area contributed by atoms with E-state index in [2.05, 4.69) is 116 Å². The first-order chi connectivity index (χ1) is 18.3. The number of aromatic nitrogens is 2. The number of pyridine rings is 2. The van der Waals surface area contributed by atoms with Gasteiger partial charge in [-0.2, -0.15) is 0 Å². The van der Waals surface area contributed by atoms with Gasteiger partial charge < -0.3 is 10.6 Å². The van der Waals surface area contributed by atoms with E-state index in [0.29, 0.717) is 8.10 Å². The number of unbranched alkanes of at least 4 members (excludes halogenated alkanes) is 5. The van der Waals surface area contributed by atoms with Gasteiger partial charge in [0.15, 0.2) is 12.4 Å². The lowest BCUT2D eigenvalue weighted by Gasteiger charge is -2.15. The van der Waals surface area contributed by atoms with Crippen LogP contribution in [0.3, 0.4) is 0 Å². The van der Waals surface area contributed by atoms with Crippen molar-refractivity contribution in [3.63, 3.8) is 0 Å². The van der Waals surface area contributed by atoms with Crippen LogP contribution in [0.15, 0.2) is 60.9 Å². The molecule has 2 heterocycles. The topological polar surface area (TPSA) is 31.8 Å². The molecule has 0 radical (unpaired) electrons. The molecule has 4 rings (SSSR count). The number of alkyl halides is 2. The maximum absolute atomic E-state index is 6.21. The zero-order valence-electron chi connectivity index (χ0n) is 22.0. The van der Waals surface area contributed by atoms with Gasteiger partial charge in [0.25, 0.3) is 0 Å². The Kier molecular flexibility index (Phi) is 11.4. The summed E-state index contributed by atoms with van der Waals surface area (Å²) in [6, 6.07) is 16.5.